The zero-order valence-electron chi connectivity index (χ0n) is 11.4. The van der Waals surface area contributed by atoms with E-state index >= 15 is 0 Å². The summed E-state index contributed by atoms with van der Waals surface area (Å²) in [5.41, 5.74) is 1.70. The number of hydrogen-bond acceptors (Lipinski definition) is 3. The summed E-state index contributed by atoms with van der Waals surface area (Å²) in [7, 11) is 0. The molecule has 0 bridgehead atoms. The van der Waals surface area contributed by atoms with Gasteiger partial charge in [-0.2, -0.15) is 5.26 Å². The Morgan fingerprint density at radius 1 is 1.18 bits per heavy atom. The van der Waals surface area contributed by atoms with Gasteiger partial charge in [0.15, 0.2) is 6.10 Å². The van der Waals surface area contributed by atoms with Gasteiger partial charge in [0, 0.05) is 16.6 Å². The predicted octanol–water partition coefficient (Wildman–Crippen LogP) is 3.21. The number of amides is 1. The molecule has 1 atom stereocenters. The van der Waals surface area contributed by atoms with Crippen LogP contribution in [0, 0.1) is 11.3 Å². The van der Waals surface area contributed by atoms with Gasteiger partial charge in [-0.15, -0.1) is 0 Å². The summed E-state index contributed by atoms with van der Waals surface area (Å²) in [6, 6.07) is 13.3. The van der Waals surface area contributed by atoms with Crippen LogP contribution in [0.1, 0.15) is 22.8 Å². The molecule has 22 heavy (non-hydrogen) atoms. The maximum atomic E-state index is 12.0. The Bertz CT molecular complexity index is 704. The minimum atomic E-state index is -1.35. The van der Waals surface area contributed by atoms with E-state index in [0.29, 0.717) is 21.2 Å². The largest absolute Gasteiger partial charge is 0.378 e. The van der Waals surface area contributed by atoms with Gasteiger partial charge in [-0.25, -0.2) is 0 Å². The molecule has 0 aliphatic carbocycles. The minimum Gasteiger partial charge on any atom is -0.378 e. The molecule has 2 aromatic carbocycles. The Hall–Kier alpha value is -2.06. The molecule has 112 valence electrons. The van der Waals surface area contributed by atoms with Crippen molar-refractivity contribution in [2.75, 3.05) is 0 Å². The molecule has 0 radical (unpaired) electrons. The van der Waals surface area contributed by atoms with Crippen molar-refractivity contribution in [3.8, 4) is 6.07 Å². The summed E-state index contributed by atoms with van der Waals surface area (Å²) in [6.07, 6.45) is -1.35. The Labute approximate surface area is 137 Å². The number of nitrogens with zero attached hydrogens (tertiary/aromatic N) is 1. The molecule has 0 aliphatic rings. The molecule has 6 heteroatoms. The van der Waals surface area contributed by atoms with Gasteiger partial charge in [-0.05, 0) is 41.5 Å². The highest BCUT2D eigenvalue weighted by atomic mass is 35.5. The van der Waals surface area contributed by atoms with Crippen molar-refractivity contribution in [1.82, 2.24) is 5.32 Å². The Morgan fingerprint density at radius 2 is 1.77 bits per heavy atom. The smallest absolute Gasteiger partial charge is 0.253 e. The Balaban J connectivity index is 2.00. The molecule has 0 heterocycles. The lowest BCUT2D eigenvalue weighted by Crippen LogP contribution is -2.28. The SMILES string of the molecule is N#Cc1ccc(CNC(=O)C(O)c2cc(Cl)cc(Cl)c2)cc1. The lowest BCUT2D eigenvalue weighted by atomic mass is 10.1. The number of hydrogen-bond donors (Lipinski definition) is 2. The second-order valence-corrected chi connectivity index (χ2v) is 5.50. The molecular formula is C16H12Cl2N2O2. The van der Waals surface area contributed by atoms with Gasteiger partial charge in [-0.3, -0.25) is 4.79 Å². The van der Waals surface area contributed by atoms with Crippen LogP contribution in [0.2, 0.25) is 10.0 Å². The highest BCUT2D eigenvalue weighted by Crippen LogP contribution is 2.23. The molecule has 4 nitrogen and oxygen atoms in total. The number of nitrogens with one attached hydrogen (secondary N) is 1. The topological polar surface area (TPSA) is 73.1 Å². The van der Waals surface area contributed by atoms with Crippen LogP contribution in [0.5, 0.6) is 0 Å². The Kier molecular flexibility index (Phi) is 5.40. The van der Waals surface area contributed by atoms with Gasteiger partial charge in [0.2, 0.25) is 0 Å². The van der Waals surface area contributed by atoms with Crippen molar-refractivity contribution >= 4 is 29.1 Å². The van der Waals surface area contributed by atoms with Crippen molar-refractivity contribution in [2.24, 2.45) is 0 Å². The number of carbonyl (C=O) groups is 1. The van der Waals surface area contributed by atoms with E-state index in [9.17, 15) is 9.90 Å². The fourth-order valence-electron chi connectivity index (χ4n) is 1.87. The molecule has 2 aromatic rings. The third kappa shape index (κ3) is 4.22. The van der Waals surface area contributed by atoms with E-state index in [2.05, 4.69) is 5.32 Å². The van der Waals surface area contributed by atoms with Crippen molar-refractivity contribution in [3.63, 3.8) is 0 Å². The first-order valence-electron chi connectivity index (χ1n) is 6.40. The summed E-state index contributed by atoms with van der Waals surface area (Å²) >= 11 is 11.7. The second kappa shape index (κ2) is 7.28. The van der Waals surface area contributed by atoms with E-state index in [1.165, 1.54) is 18.2 Å². The number of nitriles is 1. The number of carbonyl (C=O) groups excluding carboxylic acids is 1. The highest BCUT2D eigenvalue weighted by Gasteiger charge is 2.18. The molecule has 0 aliphatic heterocycles. The maximum Gasteiger partial charge on any atom is 0.253 e. The van der Waals surface area contributed by atoms with Crippen molar-refractivity contribution in [1.29, 1.82) is 5.26 Å². The average molecular weight is 335 g/mol. The molecule has 0 saturated heterocycles. The number of benzene rings is 2. The predicted molar refractivity (Wildman–Crippen MR) is 84.4 cm³/mol. The molecule has 0 saturated carbocycles. The molecule has 0 spiro atoms. The van der Waals surface area contributed by atoms with Crippen LogP contribution in [-0.4, -0.2) is 11.0 Å². The van der Waals surface area contributed by atoms with Crippen molar-refractivity contribution < 1.29 is 9.90 Å². The van der Waals surface area contributed by atoms with Crippen LogP contribution in [0.15, 0.2) is 42.5 Å². The third-order valence-electron chi connectivity index (χ3n) is 3.00. The van der Waals surface area contributed by atoms with Gasteiger partial charge in [0.1, 0.15) is 0 Å². The first kappa shape index (κ1) is 16.3. The standard InChI is InChI=1S/C16H12Cl2N2O2/c17-13-5-12(6-14(18)7-13)15(21)16(22)20-9-11-3-1-10(8-19)2-4-11/h1-7,15,21H,9H2,(H,20,22). The van der Waals surface area contributed by atoms with Gasteiger partial charge >= 0.3 is 0 Å². The van der Waals surface area contributed by atoms with E-state index in [1.807, 2.05) is 6.07 Å². The summed E-state index contributed by atoms with van der Waals surface area (Å²) in [5, 5.41) is 22.1. The first-order valence-corrected chi connectivity index (χ1v) is 7.16. The summed E-state index contributed by atoms with van der Waals surface area (Å²) in [6.45, 7) is 0.246. The van der Waals surface area contributed by atoms with Crippen LogP contribution < -0.4 is 5.32 Å². The highest BCUT2D eigenvalue weighted by molar-refractivity contribution is 6.34. The Morgan fingerprint density at radius 3 is 2.32 bits per heavy atom. The van der Waals surface area contributed by atoms with E-state index < -0.39 is 12.0 Å². The van der Waals surface area contributed by atoms with E-state index in [1.54, 1.807) is 24.3 Å². The monoisotopic (exact) mass is 334 g/mol. The summed E-state index contributed by atoms with van der Waals surface area (Å²) < 4.78 is 0. The molecule has 0 fully saturated rings. The summed E-state index contributed by atoms with van der Waals surface area (Å²) in [5.74, 6) is -0.553. The van der Waals surface area contributed by atoms with Gasteiger partial charge in [0.05, 0.1) is 11.6 Å². The second-order valence-electron chi connectivity index (χ2n) is 4.63. The molecule has 2 N–H and O–H groups in total. The zero-order chi connectivity index (χ0) is 16.1. The summed E-state index contributed by atoms with van der Waals surface area (Å²) in [4.78, 5) is 12.0. The number of rotatable bonds is 4. The van der Waals surface area contributed by atoms with Crippen LogP contribution in [0.4, 0.5) is 0 Å². The maximum absolute atomic E-state index is 12.0. The zero-order valence-corrected chi connectivity index (χ0v) is 12.9. The molecule has 0 aromatic heterocycles. The van der Waals surface area contributed by atoms with E-state index in [0.717, 1.165) is 5.56 Å². The van der Waals surface area contributed by atoms with Crippen LogP contribution in [0.25, 0.3) is 0 Å². The molecule has 1 amide bonds. The fraction of sp³-hybridized carbons (Fsp3) is 0.125. The van der Waals surface area contributed by atoms with Gasteiger partial charge in [0.25, 0.3) is 5.91 Å². The lowest BCUT2D eigenvalue weighted by Gasteiger charge is -2.12. The quantitative estimate of drug-likeness (QED) is 0.901. The van der Waals surface area contributed by atoms with Crippen LogP contribution >= 0.6 is 23.2 Å². The van der Waals surface area contributed by atoms with Crippen molar-refractivity contribution in [3.05, 3.63) is 69.2 Å². The number of aliphatic hydroxyl groups is 1. The fourth-order valence-corrected chi connectivity index (χ4v) is 2.41. The third-order valence-corrected chi connectivity index (χ3v) is 3.44. The number of aliphatic hydroxyl groups excluding tert-OH is 1. The van der Waals surface area contributed by atoms with Crippen LogP contribution in [0.3, 0.4) is 0 Å². The number of halogens is 2. The average Bonchev–Trinajstić information content (AvgIpc) is 2.51. The van der Waals surface area contributed by atoms with Crippen molar-refractivity contribution in [2.45, 2.75) is 12.6 Å². The van der Waals surface area contributed by atoms with E-state index in [4.69, 9.17) is 28.5 Å². The minimum absolute atomic E-state index is 0.246. The van der Waals surface area contributed by atoms with Gasteiger partial charge in [-0.1, -0.05) is 35.3 Å². The molecular weight excluding hydrogens is 323 g/mol. The van der Waals surface area contributed by atoms with Crippen LogP contribution in [-0.2, 0) is 11.3 Å². The van der Waals surface area contributed by atoms with E-state index in [-0.39, 0.29) is 6.54 Å². The first-order chi connectivity index (χ1) is 10.5. The lowest BCUT2D eigenvalue weighted by molar-refractivity contribution is -0.129. The van der Waals surface area contributed by atoms with Gasteiger partial charge < -0.3 is 10.4 Å². The normalized spacial score (nSPS) is 11.5. The molecule has 1 unspecified atom stereocenters. The molecule has 2 rings (SSSR count).